The van der Waals surface area contributed by atoms with Gasteiger partial charge >= 0.3 is 0 Å². The zero-order valence-electron chi connectivity index (χ0n) is 16.1. The van der Waals surface area contributed by atoms with Crippen molar-refractivity contribution in [1.29, 1.82) is 0 Å². The molecular weight excluding hydrogens is 423 g/mol. The molecule has 3 aromatic carbocycles. The van der Waals surface area contributed by atoms with Crippen molar-refractivity contribution in [2.24, 2.45) is 0 Å². The minimum Gasteiger partial charge on any atom is -0.494 e. The van der Waals surface area contributed by atoms with Gasteiger partial charge in [-0.05, 0) is 61.0 Å². The van der Waals surface area contributed by atoms with Crippen LogP contribution in [0, 0.1) is 0 Å². The first-order valence-electron chi connectivity index (χ1n) is 9.43. The summed E-state index contributed by atoms with van der Waals surface area (Å²) < 4.78 is 11.4. The summed E-state index contributed by atoms with van der Waals surface area (Å²) >= 11 is 12.4. The molecule has 1 N–H and O–H groups in total. The predicted molar refractivity (Wildman–Crippen MR) is 120 cm³/mol. The summed E-state index contributed by atoms with van der Waals surface area (Å²) in [4.78, 5) is 17.2. The number of nitrogens with one attached hydrogen (secondary N) is 1. The Morgan fingerprint density at radius 2 is 1.97 bits per heavy atom. The third-order valence-electron chi connectivity index (χ3n) is 4.37. The van der Waals surface area contributed by atoms with Gasteiger partial charge in [-0.2, -0.15) is 0 Å². The molecule has 1 aromatic heterocycles. The lowest BCUT2D eigenvalue weighted by Crippen LogP contribution is -2.12. The van der Waals surface area contributed by atoms with E-state index in [1.165, 1.54) is 0 Å². The number of fused-ring (bicyclic) bond motifs is 1. The first-order valence-corrected chi connectivity index (χ1v) is 10.2. The number of ether oxygens (including phenoxy) is 1. The number of nitrogens with zero attached hydrogens (tertiary/aromatic N) is 1. The molecule has 0 radical (unpaired) electrons. The summed E-state index contributed by atoms with van der Waals surface area (Å²) in [6.45, 7) is 2.63. The van der Waals surface area contributed by atoms with Gasteiger partial charge in [0.05, 0.1) is 17.2 Å². The molecule has 0 unspecified atom stereocenters. The minimum absolute atomic E-state index is 0.255. The Kier molecular flexibility index (Phi) is 5.93. The van der Waals surface area contributed by atoms with Gasteiger partial charge in [0.15, 0.2) is 5.58 Å². The van der Waals surface area contributed by atoms with Crippen molar-refractivity contribution in [1.82, 2.24) is 4.98 Å². The van der Waals surface area contributed by atoms with Crippen LogP contribution in [0.25, 0.3) is 22.6 Å². The van der Waals surface area contributed by atoms with Gasteiger partial charge in [0.1, 0.15) is 11.3 Å². The molecule has 0 saturated carbocycles. The van der Waals surface area contributed by atoms with E-state index in [2.05, 4.69) is 10.3 Å². The number of aromatic nitrogens is 1. The molecule has 0 saturated heterocycles. The fourth-order valence-electron chi connectivity index (χ4n) is 2.93. The van der Waals surface area contributed by atoms with Gasteiger partial charge in [-0.3, -0.25) is 4.79 Å². The highest BCUT2D eigenvalue weighted by Crippen LogP contribution is 2.33. The summed E-state index contributed by atoms with van der Waals surface area (Å²) in [5.74, 6) is 0.754. The maximum absolute atomic E-state index is 12.7. The van der Waals surface area contributed by atoms with E-state index >= 15 is 0 Å². The van der Waals surface area contributed by atoms with Gasteiger partial charge in [0.25, 0.3) is 5.91 Å². The lowest BCUT2D eigenvalue weighted by Gasteiger charge is -2.09. The zero-order chi connectivity index (χ0) is 21.1. The Bertz CT molecular complexity index is 1220. The van der Waals surface area contributed by atoms with Crippen molar-refractivity contribution in [2.45, 2.75) is 13.3 Å². The van der Waals surface area contributed by atoms with Crippen molar-refractivity contribution in [2.75, 3.05) is 11.9 Å². The average molecular weight is 441 g/mol. The fourth-order valence-corrected chi connectivity index (χ4v) is 3.30. The summed E-state index contributed by atoms with van der Waals surface area (Å²) in [5, 5.41) is 3.91. The van der Waals surface area contributed by atoms with Gasteiger partial charge in [-0.25, -0.2) is 4.98 Å². The third kappa shape index (κ3) is 4.42. The van der Waals surface area contributed by atoms with Crippen molar-refractivity contribution in [3.63, 3.8) is 0 Å². The molecule has 1 amide bonds. The zero-order valence-corrected chi connectivity index (χ0v) is 17.6. The Hall–Kier alpha value is -3.02. The van der Waals surface area contributed by atoms with Crippen molar-refractivity contribution in [3.05, 3.63) is 76.3 Å². The second-order valence-electron chi connectivity index (χ2n) is 6.66. The van der Waals surface area contributed by atoms with E-state index in [0.717, 1.165) is 6.42 Å². The predicted octanol–water partition coefficient (Wildman–Crippen LogP) is 6.84. The third-order valence-corrected chi connectivity index (χ3v) is 4.94. The van der Waals surface area contributed by atoms with E-state index in [1.54, 1.807) is 54.6 Å². The van der Waals surface area contributed by atoms with Gasteiger partial charge in [-0.15, -0.1) is 0 Å². The SMILES string of the molecule is CCCOc1cccc(C(=O)Nc2ccc(Cl)c(-c3nc4cc(Cl)ccc4o3)c2)c1. The highest BCUT2D eigenvalue weighted by molar-refractivity contribution is 6.33. The van der Waals surface area contributed by atoms with Crippen LogP contribution in [-0.4, -0.2) is 17.5 Å². The second-order valence-corrected chi connectivity index (χ2v) is 7.50. The molecule has 0 bridgehead atoms. The van der Waals surface area contributed by atoms with Crippen molar-refractivity contribution < 1.29 is 13.9 Å². The van der Waals surface area contributed by atoms with Crippen molar-refractivity contribution >= 4 is 45.9 Å². The van der Waals surface area contributed by atoms with Crippen LogP contribution in [0.1, 0.15) is 23.7 Å². The molecule has 4 aromatic rings. The lowest BCUT2D eigenvalue weighted by molar-refractivity contribution is 0.102. The number of amides is 1. The summed E-state index contributed by atoms with van der Waals surface area (Å²) in [5.41, 5.74) is 2.87. The number of carbonyl (C=O) groups excluding carboxylic acids is 1. The van der Waals surface area contributed by atoms with Gasteiger partial charge in [-0.1, -0.05) is 36.2 Å². The molecule has 0 aliphatic heterocycles. The summed E-state index contributed by atoms with van der Waals surface area (Å²) in [7, 11) is 0. The molecule has 0 atom stereocenters. The molecule has 0 fully saturated rings. The molecule has 4 rings (SSSR count). The lowest BCUT2D eigenvalue weighted by atomic mass is 10.1. The Morgan fingerprint density at radius 3 is 2.80 bits per heavy atom. The fraction of sp³-hybridized carbons (Fsp3) is 0.130. The van der Waals surface area contributed by atoms with E-state index in [4.69, 9.17) is 32.4 Å². The molecule has 5 nitrogen and oxygen atoms in total. The molecule has 0 aliphatic rings. The van der Waals surface area contributed by atoms with Crippen LogP contribution in [-0.2, 0) is 0 Å². The largest absolute Gasteiger partial charge is 0.494 e. The Morgan fingerprint density at radius 1 is 1.10 bits per heavy atom. The monoisotopic (exact) mass is 440 g/mol. The average Bonchev–Trinajstić information content (AvgIpc) is 3.16. The number of anilines is 1. The number of carbonyl (C=O) groups is 1. The molecular formula is C23H18Cl2N2O3. The maximum atomic E-state index is 12.7. The van der Waals surface area contributed by atoms with Crippen LogP contribution in [0.3, 0.4) is 0 Å². The minimum atomic E-state index is -0.255. The number of benzene rings is 3. The van der Waals surface area contributed by atoms with E-state index in [-0.39, 0.29) is 5.91 Å². The highest BCUT2D eigenvalue weighted by Gasteiger charge is 2.14. The summed E-state index contributed by atoms with van der Waals surface area (Å²) in [6.07, 6.45) is 0.895. The quantitative estimate of drug-likeness (QED) is 0.356. The van der Waals surface area contributed by atoms with Gasteiger partial charge in [0.2, 0.25) is 5.89 Å². The van der Waals surface area contributed by atoms with Crippen molar-refractivity contribution in [3.8, 4) is 17.2 Å². The van der Waals surface area contributed by atoms with E-state index < -0.39 is 0 Å². The molecule has 7 heteroatoms. The van der Waals surface area contributed by atoms with Crippen LogP contribution in [0.15, 0.2) is 65.1 Å². The van der Waals surface area contributed by atoms with Crippen LogP contribution in [0.2, 0.25) is 10.0 Å². The van der Waals surface area contributed by atoms with Crippen LogP contribution in [0.4, 0.5) is 5.69 Å². The number of oxazole rings is 1. The molecule has 1 heterocycles. The topological polar surface area (TPSA) is 64.4 Å². The van der Waals surface area contributed by atoms with Crippen LogP contribution < -0.4 is 10.1 Å². The van der Waals surface area contributed by atoms with E-state index in [0.29, 0.717) is 56.2 Å². The van der Waals surface area contributed by atoms with Gasteiger partial charge < -0.3 is 14.5 Å². The standard InChI is InChI=1S/C23H18Cl2N2O3/c1-2-10-29-17-5-3-4-14(11-17)22(28)26-16-7-8-19(25)18(13-16)23-27-20-12-15(24)6-9-21(20)30-23/h3-9,11-13H,2,10H2,1H3,(H,26,28). The molecule has 0 spiro atoms. The number of rotatable bonds is 6. The number of halogens is 2. The Labute approximate surface area is 183 Å². The first kappa shape index (κ1) is 20.3. The van der Waals surface area contributed by atoms with Crippen LogP contribution in [0.5, 0.6) is 5.75 Å². The highest BCUT2D eigenvalue weighted by atomic mass is 35.5. The first-order chi connectivity index (χ1) is 14.5. The number of hydrogen-bond acceptors (Lipinski definition) is 4. The van der Waals surface area contributed by atoms with E-state index in [9.17, 15) is 4.79 Å². The maximum Gasteiger partial charge on any atom is 0.255 e. The number of hydrogen-bond donors (Lipinski definition) is 1. The molecule has 0 aliphatic carbocycles. The summed E-state index contributed by atoms with van der Waals surface area (Å²) in [6, 6.07) is 17.4. The molecule has 30 heavy (non-hydrogen) atoms. The Balaban J connectivity index is 1.59. The van der Waals surface area contributed by atoms with E-state index in [1.807, 2.05) is 13.0 Å². The second kappa shape index (κ2) is 8.78. The molecule has 152 valence electrons. The van der Waals surface area contributed by atoms with Crippen LogP contribution >= 0.6 is 23.2 Å². The van der Waals surface area contributed by atoms with Gasteiger partial charge in [0, 0.05) is 16.3 Å². The normalized spacial score (nSPS) is 10.9. The smallest absolute Gasteiger partial charge is 0.255 e.